The Morgan fingerprint density at radius 2 is 1.46 bits per heavy atom. The van der Waals surface area contributed by atoms with Gasteiger partial charge in [0.25, 0.3) is 10.0 Å². The van der Waals surface area contributed by atoms with Gasteiger partial charge < -0.3 is 9.47 Å². The molecule has 0 N–H and O–H groups in total. The zero-order valence-electron chi connectivity index (χ0n) is 16.0. The largest absolute Gasteiger partial charge is 0.454 e. The first-order chi connectivity index (χ1) is 13.4. The molecule has 5 nitrogen and oxygen atoms in total. The maximum Gasteiger partial charge on any atom is 0.268 e. The molecule has 144 valence electrons. The van der Waals surface area contributed by atoms with E-state index in [1.54, 1.807) is 42.5 Å². The summed E-state index contributed by atoms with van der Waals surface area (Å²) >= 11 is 0. The third-order valence-electron chi connectivity index (χ3n) is 4.73. The van der Waals surface area contributed by atoms with Gasteiger partial charge in [0.1, 0.15) is 0 Å². The maximum atomic E-state index is 13.7. The molecule has 3 aromatic carbocycles. The highest BCUT2D eigenvalue weighted by Crippen LogP contribution is 2.41. The predicted octanol–water partition coefficient (Wildman–Crippen LogP) is 4.87. The summed E-state index contributed by atoms with van der Waals surface area (Å²) in [7, 11) is -3.84. The number of rotatable bonds is 4. The Kier molecular flexibility index (Phi) is 4.51. The van der Waals surface area contributed by atoms with Crippen molar-refractivity contribution in [2.45, 2.75) is 25.7 Å². The lowest BCUT2D eigenvalue weighted by molar-refractivity contribution is 0.174. The lowest BCUT2D eigenvalue weighted by Crippen LogP contribution is -2.27. The van der Waals surface area contributed by atoms with Crippen molar-refractivity contribution in [1.29, 1.82) is 0 Å². The first-order valence-electron chi connectivity index (χ1n) is 8.95. The monoisotopic (exact) mass is 395 g/mol. The summed E-state index contributed by atoms with van der Waals surface area (Å²) in [5.74, 6) is 1.14. The first kappa shape index (κ1) is 18.4. The predicted molar refractivity (Wildman–Crippen MR) is 109 cm³/mol. The summed E-state index contributed by atoms with van der Waals surface area (Å²) in [4.78, 5) is 0.233. The summed E-state index contributed by atoms with van der Waals surface area (Å²) in [6.45, 7) is 5.91. The van der Waals surface area contributed by atoms with E-state index in [0.717, 1.165) is 16.7 Å². The van der Waals surface area contributed by atoms with Gasteiger partial charge in [-0.1, -0.05) is 29.8 Å². The fraction of sp³-hybridized carbons (Fsp3) is 0.182. The SMILES string of the molecule is Cc1ccc(S(=O)(=O)N(c2ccc3c(c2)OCO3)c2cc(C)ccc2C)cc1. The summed E-state index contributed by atoms with van der Waals surface area (Å²) in [6.07, 6.45) is 0. The zero-order valence-corrected chi connectivity index (χ0v) is 16.8. The molecule has 1 aliphatic rings. The van der Waals surface area contributed by atoms with Gasteiger partial charge >= 0.3 is 0 Å². The smallest absolute Gasteiger partial charge is 0.268 e. The van der Waals surface area contributed by atoms with Crippen molar-refractivity contribution in [2.24, 2.45) is 0 Å². The summed E-state index contributed by atoms with van der Waals surface area (Å²) < 4.78 is 39.5. The maximum absolute atomic E-state index is 13.7. The number of hydrogen-bond acceptors (Lipinski definition) is 4. The molecule has 0 aromatic heterocycles. The van der Waals surface area contributed by atoms with Crippen molar-refractivity contribution in [2.75, 3.05) is 11.1 Å². The van der Waals surface area contributed by atoms with E-state index in [4.69, 9.17) is 9.47 Å². The topological polar surface area (TPSA) is 55.8 Å². The normalized spacial score (nSPS) is 12.8. The van der Waals surface area contributed by atoms with Gasteiger partial charge in [0.05, 0.1) is 16.3 Å². The van der Waals surface area contributed by atoms with Crippen molar-refractivity contribution in [3.05, 3.63) is 77.4 Å². The molecule has 4 rings (SSSR count). The highest BCUT2D eigenvalue weighted by Gasteiger charge is 2.29. The number of ether oxygens (including phenoxy) is 2. The minimum Gasteiger partial charge on any atom is -0.454 e. The van der Waals surface area contributed by atoms with Gasteiger partial charge in [-0.25, -0.2) is 12.7 Å². The minimum atomic E-state index is -3.84. The average Bonchev–Trinajstić information content (AvgIpc) is 3.13. The van der Waals surface area contributed by atoms with Crippen LogP contribution in [0.3, 0.4) is 0 Å². The fourth-order valence-electron chi connectivity index (χ4n) is 3.17. The third-order valence-corrected chi connectivity index (χ3v) is 6.49. The molecule has 1 heterocycles. The van der Waals surface area contributed by atoms with Crippen LogP contribution in [0.1, 0.15) is 16.7 Å². The van der Waals surface area contributed by atoms with Crippen LogP contribution in [0.4, 0.5) is 11.4 Å². The summed E-state index contributed by atoms with van der Waals surface area (Å²) in [5, 5.41) is 0. The van der Waals surface area contributed by atoms with E-state index in [1.165, 1.54) is 4.31 Å². The molecule has 0 bridgehead atoms. The first-order valence-corrected chi connectivity index (χ1v) is 10.4. The number of sulfonamides is 1. The van der Waals surface area contributed by atoms with Crippen molar-refractivity contribution in [3.63, 3.8) is 0 Å². The number of nitrogens with zero attached hydrogens (tertiary/aromatic N) is 1. The standard InChI is InChI=1S/C22H21NO4S/c1-15-5-9-19(10-6-15)28(24,25)23(20-12-16(2)4-7-17(20)3)18-8-11-21-22(13-18)27-14-26-21/h4-13H,14H2,1-3H3. The van der Waals surface area contributed by atoms with Crippen LogP contribution in [0.5, 0.6) is 11.5 Å². The molecular weight excluding hydrogens is 374 g/mol. The Morgan fingerprint density at radius 1 is 0.786 bits per heavy atom. The second-order valence-corrected chi connectivity index (χ2v) is 8.70. The molecule has 6 heteroatoms. The molecule has 3 aromatic rings. The van der Waals surface area contributed by atoms with Gasteiger partial charge in [0.15, 0.2) is 11.5 Å². The number of benzene rings is 3. The van der Waals surface area contributed by atoms with Crippen LogP contribution in [0.25, 0.3) is 0 Å². The van der Waals surface area contributed by atoms with E-state index < -0.39 is 10.0 Å². The molecule has 0 saturated heterocycles. The van der Waals surface area contributed by atoms with Crippen LogP contribution in [0.2, 0.25) is 0 Å². The van der Waals surface area contributed by atoms with E-state index in [0.29, 0.717) is 22.9 Å². The Labute approximate surface area is 165 Å². The molecule has 0 saturated carbocycles. The Balaban J connectivity index is 1.93. The van der Waals surface area contributed by atoms with E-state index in [2.05, 4.69) is 0 Å². The highest BCUT2D eigenvalue weighted by atomic mass is 32.2. The van der Waals surface area contributed by atoms with Crippen molar-refractivity contribution in [1.82, 2.24) is 0 Å². The van der Waals surface area contributed by atoms with Crippen molar-refractivity contribution < 1.29 is 17.9 Å². The molecule has 28 heavy (non-hydrogen) atoms. The molecule has 0 fully saturated rings. The number of hydrogen-bond donors (Lipinski definition) is 0. The van der Waals surface area contributed by atoms with Crippen LogP contribution < -0.4 is 13.8 Å². The molecule has 0 amide bonds. The Morgan fingerprint density at radius 3 is 2.21 bits per heavy atom. The van der Waals surface area contributed by atoms with E-state index in [1.807, 2.05) is 39.0 Å². The van der Waals surface area contributed by atoms with Crippen molar-refractivity contribution >= 4 is 21.4 Å². The summed E-state index contributed by atoms with van der Waals surface area (Å²) in [5.41, 5.74) is 3.95. The van der Waals surface area contributed by atoms with Crippen LogP contribution in [0, 0.1) is 20.8 Å². The van der Waals surface area contributed by atoms with Crippen molar-refractivity contribution in [3.8, 4) is 11.5 Å². The van der Waals surface area contributed by atoms with Crippen LogP contribution in [-0.2, 0) is 10.0 Å². The Bertz CT molecular complexity index is 1140. The number of anilines is 2. The van der Waals surface area contributed by atoms with E-state index in [-0.39, 0.29) is 11.7 Å². The van der Waals surface area contributed by atoms with Gasteiger partial charge in [0.2, 0.25) is 6.79 Å². The fourth-order valence-corrected chi connectivity index (χ4v) is 4.71. The second kappa shape index (κ2) is 6.87. The zero-order chi connectivity index (χ0) is 19.9. The average molecular weight is 395 g/mol. The van der Waals surface area contributed by atoms with Gasteiger partial charge in [0, 0.05) is 6.07 Å². The molecule has 1 aliphatic heterocycles. The number of fused-ring (bicyclic) bond motifs is 1. The molecular formula is C22H21NO4S. The summed E-state index contributed by atoms with van der Waals surface area (Å²) in [6, 6.07) is 17.8. The van der Waals surface area contributed by atoms with Gasteiger partial charge in [-0.05, 0) is 62.2 Å². The minimum absolute atomic E-state index is 0.132. The van der Waals surface area contributed by atoms with Gasteiger partial charge in [-0.2, -0.15) is 0 Å². The molecule has 0 atom stereocenters. The third kappa shape index (κ3) is 3.20. The van der Waals surface area contributed by atoms with E-state index in [9.17, 15) is 8.42 Å². The van der Waals surface area contributed by atoms with Crippen LogP contribution >= 0.6 is 0 Å². The number of aryl methyl sites for hydroxylation is 3. The van der Waals surface area contributed by atoms with Crippen LogP contribution in [-0.4, -0.2) is 15.2 Å². The van der Waals surface area contributed by atoms with Gasteiger partial charge in [-0.15, -0.1) is 0 Å². The molecule has 0 unspecified atom stereocenters. The molecule has 0 radical (unpaired) electrons. The lowest BCUT2D eigenvalue weighted by atomic mass is 10.1. The highest BCUT2D eigenvalue weighted by molar-refractivity contribution is 7.93. The van der Waals surface area contributed by atoms with E-state index >= 15 is 0 Å². The lowest BCUT2D eigenvalue weighted by Gasteiger charge is -2.27. The second-order valence-electron chi connectivity index (χ2n) is 6.91. The van der Waals surface area contributed by atoms with Gasteiger partial charge in [-0.3, -0.25) is 0 Å². The van der Waals surface area contributed by atoms with Crippen LogP contribution in [0.15, 0.2) is 65.6 Å². The molecule has 0 spiro atoms. The quantitative estimate of drug-likeness (QED) is 0.633. The Hall–Kier alpha value is -2.99. The molecule has 0 aliphatic carbocycles.